The molecule has 0 spiro atoms. The number of carbonyl (C=O) groups is 1. The number of hydrogen-bond acceptors (Lipinski definition) is 8. The Bertz CT molecular complexity index is 1910. The SMILES string of the molecule is CCOC(=O)C1=C(C)N=c2s/c(=C\c3cccc(OS(=O)(=O)c4ccccc4)c3)c(=O)n2[C@H]1c1ccc(Cl)cc1. The summed E-state index contributed by atoms with van der Waals surface area (Å²) in [6.45, 7) is 3.59. The van der Waals surface area contributed by atoms with E-state index in [9.17, 15) is 18.0 Å². The molecule has 8 nitrogen and oxygen atoms in total. The van der Waals surface area contributed by atoms with Crippen molar-refractivity contribution in [3.8, 4) is 5.75 Å². The van der Waals surface area contributed by atoms with Gasteiger partial charge < -0.3 is 8.92 Å². The second kappa shape index (κ2) is 11.2. The Balaban J connectivity index is 1.58. The van der Waals surface area contributed by atoms with Crippen molar-refractivity contribution in [2.75, 3.05) is 6.61 Å². The molecule has 40 heavy (non-hydrogen) atoms. The summed E-state index contributed by atoms with van der Waals surface area (Å²) in [5, 5.41) is 0.519. The third kappa shape index (κ3) is 5.51. The minimum absolute atomic E-state index is 0.0312. The number of halogens is 1. The summed E-state index contributed by atoms with van der Waals surface area (Å²) in [7, 11) is -4.03. The van der Waals surface area contributed by atoms with Crippen molar-refractivity contribution < 1.29 is 22.1 Å². The van der Waals surface area contributed by atoms with Gasteiger partial charge in [-0.3, -0.25) is 9.36 Å². The molecule has 0 fully saturated rings. The van der Waals surface area contributed by atoms with E-state index in [1.54, 1.807) is 74.5 Å². The van der Waals surface area contributed by atoms with Gasteiger partial charge in [0.15, 0.2) is 4.80 Å². The number of ether oxygens (including phenoxy) is 1. The molecule has 4 aromatic rings. The highest BCUT2D eigenvalue weighted by Gasteiger charge is 2.33. The highest BCUT2D eigenvalue weighted by atomic mass is 35.5. The van der Waals surface area contributed by atoms with Crippen molar-refractivity contribution >= 4 is 45.1 Å². The molecule has 0 radical (unpaired) electrons. The van der Waals surface area contributed by atoms with E-state index in [4.69, 9.17) is 20.5 Å². The van der Waals surface area contributed by atoms with E-state index in [0.29, 0.717) is 31.2 Å². The zero-order chi connectivity index (χ0) is 28.4. The number of aromatic nitrogens is 1. The lowest BCUT2D eigenvalue weighted by atomic mass is 9.96. The lowest BCUT2D eigenvalue weighted by molar-refractivity contribution is -0.139. The van der Waals surface area contributed by atoms with E-state index < -0.39 is 22.1 Å². The maximum atomic E-state index is 13.8. The molecule has 0 amide bonds. The molecule has 0 aliphatic carbocycles. The number of rotatable bonds is 7. The van der Waals surface area contributed by atoms with Gasteiger partial charge in [0.2, 0.25) is 0 Å². The first-order valence-electron chi connectivity index (χ1n) is 12.2. The molecule has 0 N–H and O–H groups in total. The quantitative estimate of drug-likeness (QED) is 0.234. The smallest absolute Gasteiger partial charge is 0.339 e. The number of thiazole rings is 1. The second-order valence-corrected chi connectivity index (χ2v) is 11.8. The Kier molecular flexibility index (Phi) is 7.75. The fourth-order valence-electron chi connectivity index (χ4n) is 4.32. The average Bonchev–Trinajstić information content (AvgIpc) is 3.23. The van der Waals surface area contributed by atoms with E-state index in [0.717, 1.165) is 11.3 Å². The fourth-order valence-corrected chi connectivity index (χ4v) is 6.44. The normalized spacial score (nSPS) is 15.4. The topological polar surface area (TPSA) is 104 Å². The second-order valence-electron chi connectivity index (χ2n) is 8.78. The van der Waals surface area contributed by atoms with E-state index >= 15 is 0 Å². The lowest BCUT2D eigenvalue weighted by Gasteiger charge is -2.24. The van der Waals surface area contributed by atoms with E-state index in [2.05, 4.69) is 4.99 Å². The number of fused-ring (bicyclic) bond motifs is 1. The van der Waals surface area contributed by atoms with Gasteiger partial charge in [-0.25, -0.2) is 9.79 Å². The predicted molar refractivity (Wildman–Crippen MR) is 153 cm³/mol. The van der Waals surface area contributed by atoms with Crippen LogP contribution in [0.15, 0.2) is 105 Å². The van der Waals surface area contributed by atoms with Crippen molar-refractivity contribution in [2.24, 2.45) is 4.99 Å². The Morgan fingerprint density at radius 1 is 1.07 bits per heavy atom. The molecular formula is C29H23ClN2O6S2. The summed E-state index contributed by atoms with van der Waals surface area (Å²) in [6.07, 6.45) is 1.63. The molecule has 0 saturated heterocycles. The first-order valence-corrected chi connectivity index (χ1v) is 14.8. The summed E-state index contributed by atoms with van der Waals surface area (Å²) >= 11 is 7.26. The Hall–Kier alpha value is -3.99. The van der Waals surface area contributed by atoms with Crippen LogP contribution in [-0.4, -0.2) is 25.6 Å². The number of allylic oxidation sites excluding steroid dienone is 1. The van der Waals surface area contributed by atoms with Gasteiger partial charge in [-0.1, -0.05) is 65.4 Å². The highest BCUT2D eigenvalue weighted by molar-refractivity contribution is 7.87. The van der Waals surface area contributed by atoms with Gasteiger partial charge in [0.05, 0.1) is 28.5 Å². The highest BCUT2D eigenvalue weighted by Crippen LogP contribution is 2.31. The third-order valence-corrected chi connectivity index (χ3v) is 8.59. The van der Waals surface area contributed by atoms with Crippen molar-refractivity contribution in [1.29, 1.82) is 0 Å². The Morgan fingerprint density at radius 3 is 2.50 bits per heavy atom. The van der Waals surface area contributed by atoms with Crippen LogP contribution in [0, 0.1) is 0 Å². The molecule has 11 heteroatoms. The van der Waals surface area contributed by atoms with E-state index in [-0.39, 0.29) is 28.4 Å². The first-order chi connectivity index (χ1) is 19.2. The van der Waals surface area contributed by atoms with Crippen LogP contribution in [0.2, 0.25) is 5.02 Å². The molecule has 0 bridgehead atoms. The van der Waals surface area contributed by atoms with Gasteiger partial charge in [-0.15, -0.1) is 0 Å². The van der Waals surface area contributed by atoms with Crippen LogP contribution >= 0.6 is 22.9 Å². The van der Waals surface area contributed by atoms with Crippen molar-refractivity contribution in [3.05, 3.63) is 126 Å². The first kappa shape index (κ1) is 27.6. The molecule has 2 heterocycles. The lowest BCUT2D eigenvalue weighted by Crippen LogP contribution is -2.39. The van der Waals surface area contributed by atoms with Crippen LogP contribution in [0.4, 0.5) is 0 Å². The van der Waals surface area contributed by atoms with Crippen molar-refractivity contribution in [2.45, 2.75) is 24.8 Å². The molecule has 5 rings (SSSR count). The minimum atomic E-state index is -4.03. The molecule has 0 unspecified atom stereocenters. The Labute approximate surface area is 239 Å². The van der Waals surface area contributed by atoms with Crippen LogP contribution in [0.1, 0.15) is 31.0 Å². The maximum absolute atomic E-state index is 13.8. The molecule has 1 aliphatic heterocycles. The van der Waals surface area contributed by atoms with Gasteiger partial charge in [0.1, 0.15) is 10.6 Å². The number of hydrogen-bond donors (Lipinski definition) is 0. The molecule has 1 atom stereocenters. The summed E-state index contributed by atoms with van der Waals surface area (Å²) < 4.78 is 37.8. The monoisotopic (exact) mass is 594 g/mol. The predicted octanol–water partition coefficient (Wildman–Crippen LogP) is 4.22. The summed E-state index contributed by atoms with van der Waals surface area (Å²) in [4.78, 5) is 31.7. The summed E-state index contributed by atoms with van der Waals surface area (Å²) in [6, 6.07) is 20.4. The van der Waals surface area contributed by atoms with Crippen LogP contribution in [0.25, 0.3) is 6.08 Å². The number of esters is 1. The zero-order valence-electron chi connectivity index (χ0n) is 21.4. The van der Waals surface area contributed by atoms with Crippen LogP contribution in [0.3, 0.4) is 0 Å². The van der Waals surface area contributed by atoms with E-state index in [1.807, 2.05) is 0 Å². The minimum Gasteiger partial charge on any atom is -0.463 e. The molecule has 3 aromatic carbocycles. The van der Waals surface area contributed by atoms with Gasteiger partial charge in [0.25, 0.3) is 5.56 Å². The molecule has 1 aliphatic rings. The van der Waals surface area contributed by atoms with Crippen LogP contribution in [0.5, 0.6) is 5.75 Å². The molecule has 204 valence electrons. The molecular weight excluding hydrogens is 572 g/mol. The molecule has 0 saturated carbocycles. The largest absolute Gasteiger partial charge is 0.463 e. The fraction of sp³-hybridized carbons (Fsp3) is 0.138. The third-order valence-electron chi connectivity index (χ3n) is 6.10. The maximum Gasteiger partial charge on any atom is 0.339 e. The van der Waals surface area contributed by atoms with Gasteiger partial charge >= 0.3 is 16.1 Å². The van der Waals surface area contributed by atoms with Crippen molar-refractivity contribution in [1.82, 2.24) is 4.57 Å². The van der Waals surface area contributed by atoms with Gasteiger partial charge in [-0.2, -0.15) is 8.42 Å². The summed E-state index contributed by atoms with van der Waals surface area (Å²) in [5.41, 5.74) is 1.59. The van der Waals surface area contributed by atoms with Crippen LogP contribution < -0.4 is 19.1 Å². The Morgan fingerprint density at radius 2 is 1.80 bits per heavy atom. The molecule has 1 aromatic heterocycles. The zero-order valence-corrected chi connectivity index (χ0v) is 23.8. The van der Waals surface area contributed by atoms with Crippen LogP contribution in [-0.2, 0) is 19.6 Å². The summed E-state index contributed by atoms with van der Waals surface area (Å²) in [5.74, 6) is -0.452. The van der Waals surface area contributed by atoms with Gasteiger partial charge in [-0.05, 0) is 67.4 Å². The number of benzene rings is 3. The van der Waals surface area contributed by atoms with E-state index in [1.165, 1.54) is 28.8 Å². The number of carbonyl (C=O) groups excluding carboxylic acids is 1. The number of nitrogens with zero attached hydrogens (tertiary/aromatic N) is 2. The average molecular weight is 595 g/mol. The van der Waals surface area contributed by atoms with Crippen molar-refractivity contribution in [3.63, 3.8) is 0 Å². The standard InChI is InChI=1S/C29H23ClN2O6S2/c1-3-37-28(34)25-18(2)31-29-32(26(25)20-12-14-21(30)15-13-20)27(33)24(39-29)17-19-8-7-9-22(16-19)38-40(35,36)23-10-5-4-6-11-23/h4-17,26H,3H2,1-2H3/b24-17-/t26-/m0/s1. The van der Waals surface area contributed by atoms with Gasteiger partial charge in [0, 0.05) is 5.02 Å².